The third-order valence-electron chi connectivity index (χ3n) is 1.89. The van der Waals surface area contributed by atoms with Gasteiger partial charge < -0.3 is 15.8 Å². The molecule has 0 atom stereocenters. The van der Waals surface area contributed by atoms with Gasteiger partial charge in [-0.2, -0.15) is 5.10 Å². The average molecular weight is 270 g/mol. The highest BCUT2D eigenvalue weighted by atomic mass is 16.6. The molecule has 1 aromatic heterocycles. The Hall–Kier alpha value is -1.72. The Kier molecular flexibility index (Phi) is 7.63. The minimum Gasteiger partial charge on any atom is -0.444 e. The van der Waals surface area contributed by atoms with Crippen molar-refractivity contribution in [3.05, 3.63) is 12.4 Å². The predicted molar refractivity (Wildman–Crippen MR) is 76.8 cm³/mol. The normalized spacial score (nSPS) is 10.4. The van der Waals surface area contributed by atoms with Crippen LogP contribution in [0.1, 0.15) is 41.0 Å². The van der Waals surface area contributed by atoms with Gasteiger partial charge in [0.25, 0.3) is 0 Å². The van der Waals surface area contributed by atoms with E-state index in [1.54, 1.807) is 17.1 Å². The van der Waals surface area contributed by atoms with E-state index in [0.717, 1.165) is 6.42 Å². The van der Waals surface area contributed by atoms with Crippen molar-refractivity contribution in [2.75, 3.05) is 12.3 Å². The van der Waals surface area contributed by atoms with Crippen molar-refractivity contribution in [2.45, 2.75) is 53.2 Å². The van der Waals surface area contributed by atoms with Crippen molar-refractivity contribution < 1.29 is 9.53 Å². The molecule has 1 rings (SSSR count). The van der Waals surface area contributed by atoms with Gasteiger partial charge in [-0.1, -0.05) is 13.8 Å². The van der Waals surface area contributed by atoms with Gasteiger partial charge in [-0.15, -0.1) is 0 Å². The van der Waals surface area contributed by atoms with Crippen LogP contribution < -0.4 is 11.1 Å². The molecule has 110 valence electrons. The number of rotatable bonds is 4. The molecule has 0 aliphatic rings. The molecular weight excluding hydrogens is 244 g/mol. The Morgan fingerprint density at radius 3 is 2.58 bits per heavy atom. The molecule has 0 fully saturated rings. The molecule has 0 unspecified atom stereocenters. The van der Waals surface area contributed by atoms with Gasteiger partial charge in [-0.25, -0.2) is 4.79 Å². The number of nitrogen functional groups attached to an aromatic ring is 1. The summed E-state index contributed by atoms with van der Waals surface area (Å²) in [6, 6.07) is 0. The van der Waals surface area contributed by atoms with Crippen molar-refractivity contribution in [1.29, 1.82) is 0 Å². The summed E-state index contributed by atoms with van der Waals surface area (Å²) in [4.78, 5) is 11.3. The number of alkyl carbamates (subject to hydrolysis) is 1. The van der Waals surface area contributed by atoms with Crippen LogP contribution in [-0.2, 0) is 11.3 Å². The maximum absolute atomic E-state index is 11.3. The molecule has 0 aromatic carbocycles. The van der Waals surface area contributed by atoms with Gasteiger partial charge in [0.15, 0.2) is 0 Å². The van der Waals surface area contributed by atoms with Crippen LogP contribution in [0.25, 0.3) is 0 Å². The Morgan fingerprint density at radius 1 is 1.47 bits per heavy atom. The first-order valence-corrected chi connectivity index (χ1v) is 6.61. The summed E-state index contributed by atoms with van der Waals surface area (Å²) in [5, 5.41) is 6.72. The van der Waals surface area contributed by atoms with Crippen molar-refractivity contribution in [1.82, 2.24) is 15.1 Å². The van der Waals surface area contributed by atoms with Crippen LogP contribution in [0, 0.1) is 0 Å². The average Bonchev–Trinajstić information content (AvgIpc) is 2.71. The minimum absolute atomic E-state index is 0.391. The Morgan fingerprint density at radius 2 is 2.11 bits per heavy atom. The van der Waals surface area contributed by atoms with Gasteiger partial charge >= 0.3 is 6.09 Å². The van der Waals surface area contributed by atoms with E-state index in [-0.39, 0.29) is 0 Å². The summed E-state index contributed by atoms with van der Waals surface area (Å²) in [5.41, 5.74) is 5.71. The van der Waals surface area contributed by atoms with Crippen LogP contribution in [-0.4, -0.2) is 28.0 Å². The molecule has 1 aromatic rings. The second-order valence-corrected chi connectivity index (χ2v) is 4.82. The number of carbonyl (C=O) groups is 1. The number of hydrogen-bond donors (Lipinski definition) is 2. The standard InChI is InChI=1S/C11H20N4O2.C2H6/c1-11(2,3)17-10(16)13-5-4-6-15-8-9(12)7-14-15;1-2/h7-8H,4-6,12H2,1-3H3,(H,13,16);1-2H3. The number of nitrogens with two attached hydrogens (primary N) is 1. The first-order valence-electron chi connectivity index (χ1n) is 6.61. The van der Waals surface area contributed by atoms with E-state index in [2.05, 4.69) is 10.4 Å². The fourth-order valence-electron chi connectivity index (χ4n) is 1.25. The zero-order valence-corrected chi connectivity index (χ0v) is 12.6. The van der Waals surface area contributed by atoms with Crippen molar-refractivity contribution >= 4 is 11.8 Å². The molecule has 6 heteroatoms. The number of aryl methyl sites for hydroxylation is 1. The van der Waals surface area contributed by atoms with Crippen LogP contribution in [0.5, 0.6) is 0 Å². The van der Waals surface area contributed by atoms with E-state index < -0.39 is 11.7 Å². The second kappa shape index (κ2) is 8.39. The number of anilines is 1. The zero-order chi connectivity index (χ0) is 14.9. The Balaban J connectivity index is 0.00000154. The number of ether oxygens (including phenoxy) is 1. The molecule has 0 saturated carbocycles. The highest BCUT2D eigenvalue weighted by molar-refractivity contribution is 5.67. The lowest BCUT2D eigenvalue weighted by Crippen LogP contribution is -2.33. The van der Waals surface area contributed by atoms with Crippen LogP contribution in [0.3, 0.4) is 0 Å². The number of amides is 1. The number of carbonyl (C=O) groups excluding carboxylic acids is 1. The third kappa shape index (κ3) is 8.93. The third-order valence-corrected chi connectivity index (χ3v) is 1.89. The molecular formula is C13H26N4O2. The topological polar surface area (TPSA) is 82.2 Å². The van der Waals surface area contributed by atoms with Gasteiger partial charge in [0.1, 0.15) is 5.60 Å². The number of aromatic nitrogens is 2. The fraction of sp³-hybridized carbons (Fsp3) is 0.692. The Bertz CT molecular complexity index is 369. The van der Waals surface area contributed by atoms with Gasteiger partial charge in [-0.3, -0.25) is 4.68 Å². The van der Waals surface area contributed by atoms with E-state index in [1.165, 1.54) is 0 Å². The molecule has 3 N–H and O–H groups in total. The van der Waals surface area contributed by atoms with E-state index in [4.69, 9.17) is 10.5 Å². The van der Waals surface area contributed by atoms with Crippen LogP contribution in [0.4, 0.5) is 10.5 Å². The van der Waals surface area contributed by atoms with Gasteiger partial charge in [0.05, 0.1) is 11.9 Å². The Labute approximate surface area is 115 Å². The van der Waals surface area contributed by atoms with Crippen molar-refractivity contribution in [3.63, 3.8) is 0 Å². The van der Waals surface area contributed by atoms with E-state index in [0.29, 0.717) is 18.8 Å². The van der Waals surface area contributed by atoms with E-state index in [9.17, 15) is 4.79 Å². The van der Waals surface area contributed by atoms with Gasteiger partial charge in [0, 0.05) is 19.3 Å². The second-order valence-electron chi connectivity index (χ2n) is 4.82. The summed E-state index contributed by atoms with van der Waals surface area (Å²) in [6.45, 7) is 10.8. The quantitative estimate of drug-likeness (QED) is 0.823. The van der Waals surface area contributed by atoms with Crippen LogP contribution in [0.2, 0.25) is 0 Å². The summed E-state index contributed by atoms with van der Waals surface area (Å²) in [5.74, 6) is 0. The van der Waals surface area contributed by atoms with Crippen LogP contribution >= 0.6 is 0 Å². The maximum Gasteiger partial charge on any atom is 0.407 e. The molecule has 0 radical (unpaired) electrons. The monoisotopic (exact) mass is 270 g/mol. The minimum atomic E-state index is -0.458. The van der Waals surface area contributed by atoms with Gasteiger partial charge in [-0.05, 0) is 27.2 Å². The fourth-order valence-corrected chi connectivity index (χ4v) is 1.25. The molecule has 0 aliphatic carbocycles. The van der Waals surface area contributed by atoms with Crippen molar-refractivity contribution in [3.8, 4) is 0 Å². The lowest BCUT2D eigenvalue weighted by molar-refractivity contribution is 0.0526. The summed E-state index contributed by atoms with van der Waals surface area (Å²) < 4.78 is 6.84. The lowest BCUT2D eigenvalue weighted by atomic mass is 10.2. The largest absolute Gasteiger partial charge is 0.444 e. The summed E-state index contributed by atoms with van der Waals surface area (Å²) >= 11 is 0. The highest BCUT2D eigenvalue weighted by Gasteiger charge is 2.15. The molecule has 0 aliphatic heterocycles. The number of hydrogen-bond acceptors (Lipinski definition) is 4. The number of nitrogens with zero attached hydrogens (tertiary/aromatic N) is 2. The molecule has 0 bridgehead atoms. The SMILES string of the molecule is CC.CC(C)(C)OC(=O)NCCCn1cc(N)cn1. The maximum atomic E-state index is 11.3. The summed E-state index contributed by atoms with van der Waals surface area (Å²) in [7, 11) is 0. The smallest absolute Gasteiger partial charge is 0.407 e. The molecule has 1 heterocycles. The van der Waals surface area contributed by atoms with Crippen LogP contribution in [0.15, 0.2) is 12.4 Å². The summed E-state index contributed by atoms with van der Waals surface area (Å²) in [6.07, 6.45) is 3.74. The number of nitrogens with one attached hydrogen (secondary N) is 1. The van der Waals surface area contributed by atoms with E-state index in [1.807, 2.05) is 34.6 Å². The van der Waals surface area contributed by atoms with E-state index >= 15 is 0 Å². The molecule has 6 nitrogen and oxygen atoms in total. The first kappa shape index (κ1) is 17.3. The molecule has 0 saturated heterocycles. The van der Waals surface area contributed by atoms with Crippen molar-refractivity contribution in [2.24, 2.45) is 0 Å². The molecule has 19 heavy (non-hydrogen) atoms. The first-order chi connectivity index (χ1) is 8.87. The highest BCUT2D eigenvalue weighted by Crippen LogP contribution is 2.06. The molecule has 1 amide bonds. The van der Waals surface area contributed by atoms with Gasteiger partial charge in [0.2, 0.25) is 0 Å². The molecule has 0 spiro atoms. The lowest BCUT2D eigenvalue weighted by Gasteiger charge is -2.19. The predicted octanol–water partition coefficient (Wildman–Crippen LogP) is 2.41. The zero-order valence-electron chi connectivity index (χ0n) is 12.6.